The van der Waals surface area contributed by atoms with Crippen molar-refractivity contribution in [2.24, 2.45) is 0 Å². The molecule has 6 aromatic carbocycles. The van der Waals surface area contributed by atoms with E-state index in [1.807, 2.05) is 36.5 Å². The molecule has 0 unspecified atom stereocenters. The third-order valence-electron chi connectivity index (χ3n) is 10.7. The van der Waals surface area contributed by atoms with Gasteiger partial charge in [0.15, 0.2) is 0 Å². The van der Waals surface area contributed by atoms with Crippen LogP contribution in [0.3, 0.4) is 0 Å². The van der Waals surface area contributed by atoms with Gasteiger partial charge in [-0.25, -0.2) is 0 Å². The van der Waals surface area contributed by atoms with E-state index in [0.29, 0.717) is 11.4 Å². The van der Waals surface area contributed by atoms with Gasteiger partial charge in [-0.15, -0.1) is 0 Å². The second-order valence-electron chi connectivity index (χ2n) is 16.6. The largest absolute Gasteiger partial charge is 0 e. The monoisotopic (exact) mass is 1000 g/mol. The fourth-order valence-corrected chi connectivity index (χ4v) is 12.4. The Hall–Kier alpha value is -5.08. The smallest absolute Gasteiger partial charge is 0 e. The van der Waals surface area contributed by atoms with Gasteiger partial charge in [0.2, 0.25) is 0 Å². The number of phenolic OH excluding ortho intramolecular Hbond substituents is 1. The fraction of sp³-hybridized carbons (Fsp3) is 0.146. The molecule has 4 heterocycles. The zero-order chi connectivity index (χ0) is 38.5. The van der Waals surface area contributed by atoms with Crippen LogP contribution in [0.5, 0.6) is 17.2 Å². The SMILES string of the molecule is CC(C)(C)c1ccc(O)c(-c2nc3c(-c4[c-]c5c(c6s[c]([Ge]([CH3])([CH3])[CH3])nc46)Oc4cccc6ccnc-5c46)cccc3n2-c2ccccc2-c2ccccc2)c1.[Pt]. The molecule has 0 amide bonds. The van der Waals surface area contributed by atoms with Crippen LogP contribution < -0.4 is 8.58 Å². The minimum atomic E-state index is -2.42. The summed E-state index contributed by atoms with van der Waals surface area (Å²) in [5.41, 5.74) is 10.8. The Balaban J connectivity index is 0.00000422. The van der Waals surface area contributed by atoms with Crippen LogP contribution in [-0.4, -0.2) is 37.9 Å². The molecular formula is C48H39GeN4O2PtS-. The molecular weight excluding hydrogens is 964 g/mol. The quantitative estimate of drug-likeness (QED) is 0.137. The molecule has 0 spiro atoms. The van der Waals surface area contributed by atoms with Gasteiger partial charge in [0.05, 0.1) is 0 Å². The summed E-state index contributed by atoms with van der Waals surface area (Å²) in [6.45, 7) is 6.56. The minimum Gasteiger partial charge on any atom is 0 e. The second kappa shape index (κ2) is 13.8. The van der Waals surface area contributed by atoms with E-state index < -0.39 is 13.3 Å². The van der Waals surface area contributed by atoms with E-state index in [0.717, 1.165) is 88.3 Å². The molecule has 0 saturated heterocycles. The number of para-hydroxylation sites is 2. The molecule has 57 heavy (non-hydrogen) atoms. The summed E-state index contributed by atoms with van der Waals surface area (Å²) in [5.74, 6) is 9.52. The molecule has 1 aliphatic heterocycles. The molecule has 10 rings (SSSR count). The van der Waals surface area contributed by atoms with Crippen molar-refractivity contribution in [3.8, 4) is 67.8 Å². The van der Waals surface area contributed by atoms with Crippen molar-refractivity contribution in [2.45, 2.75) is 43.5 Å². The van der Waals surface area contributed by atoms with E-state index in [2.05, 4.69) is 128 Å². The number of fused-ring (bicyclic) bond motifs is 5. The van der Waals surface area contributed by atoms with E-state index >= 15 is 0 Å². The number of hydrogen-bond donors (Lipinski definition) is 1. The van der Waals surface area contributed by atoms with Crippen LogP contribution in [0, 0.1) is 6.07 Å². The number of nitrogens with zero attached hydrogens (tertiary/aromatic N) is 4. The first kappa shape index (κ1) is 37.5. The van der Waals surface area contributed by atoms with Gasteiger partial charge >= 0.3 is 295 Å². The van der Waals surface area contributed by atoms with Crippen LogP contribution in [0.4, 0.5) is 0 Å². The summed E-state index contributed by atoms with van der Waals surface area (Å²) in [5, 5.41) is 13.7. The minimum absolute atomic E-state index is 0. The van der Waals surface area contributed by atoms with Crippen LogP contribution in [0.25, 0.3) is 82.6 Å². The predicted octanol–water partition coefficient (Wildman–Crippen LogP) is 12.3. The summed E-state index contributed by atoms with van der Waals surface area (Å²) in [4.78, 5) is 15.9. The number of imidazole rings is 1. The molecule has 1 aliphatic rings. The Morgan fingerprint density at radius 3 is 2.30 bits per heavy atom. The van der Waals surface area contributed by atoms with E-state index in [9.17, 15) is 5.11 Å². The Morgan fingerprint density at radius 2 is 1.51 bits per heavy atom. The van der Waals surface area contributed by atoms with Gasteiger partial charge in [0, 0.05) is 21.1 Å². The molecule has 1 N–H and O–H groups in total. The number of ether oxygens (including phenoxy) is 1. The predicted molar refractivity (Wildman–Crippen MR) is 234 cm³/mol. The van der Waals surface area contributed by atoms with Crippen molar-refractivity contribution in [2.75, 3.05) is 0 Å². The number of aromatic hydroxyl groups is 1. The summed E-state index contributed by atoms with van der Waals surface area (Å²) < 4.78 is 11.2. The van der Waals surface area contributed by atoms with E-state index in [4.69, 9.17) is 19.7 Å². The van der Waals surface area contributed by atoms with E-state index in [1.54, 1.807) is 17.4 Å². The Morgan fingerprint density at radius 1 is 0.754 bits per heavy atom. The maximum absolute atomic E-state index is 11.6. The van der Waals surface area contributed by atoms with Crippen molar-refractivity contribution >= 4 is 60.5 Å². The average Bonchev–Trinajstić information content (AvgIpc) is 3.82. The number of thiazole rings is 1. The summed E-state index contributed by atoms with van der Waals surface area (Å²) in [6, 6.07) is 43.1. The van der Waals surface area contributed by atoms with Gasteiger partial charge in [0.1, 0.15) is 0 Å². The molecule has 0 atom stereocenters. The third kappa shape index (κ3) is 6.14. The van der Waals surface area contributed by atoms with Crippen LogP contribution >= 0.6 is 11.3 Å². The Labute approximate surface area is 352 Å². The molecule has 0 aliphatic carbocycles. The number of pyridine rings is 1. The molecule has 284 valence electrons. The van der Waals surface area contributed by atoms with Crippen molar-refractivity contribution in [3.05, 3.63) is 133 Å². The van der Waals surface area contributed by atoms with Crippen LogP contribution in [0.1, 0.15) is 26.3 Å². The first-order valence-electron chi connectivity index (χ1n) is 18.9. The average molecular weight is 1000 g/mol. The second-order valence-corrected chi connectivity index (χ2v) is 28.8. The summed E-state index contributed by atoms with van der Waals surface area (Å²) >= 11 is -0.674. The Bertz CT molecular complexity index is 3050. The normalized spacial score (nSPS) is 12.5. The first-order chi connectivity index (χ1) is 27.0. The van der Waals surface area contributed by atoms with E-state index in [1.165, 1.54) is 3.84 Å². The molecule has 9 heteroatoms. The van der Waals surface area contributed by atoms with Gasteiger partial charge in [-0.1, -0.05) is 39.0 Å². The molecule has 3 aromatic heterocycles. The molecule has 0 fully saturated rings. The number of rotatable bonds is 5. The van der Waals surface area contributed by atoms with Gasteiger partial charge in [0.25, 0.3) is 0 Å². The van der Waals surface area contributed by atoms with Gasteiger partial charge in [-0.05, 0) is 0 Å². The van der Waals surface area contributed by atoms with Gasteiger partial charge < -0.3 is 0 Å². The standard InChI is InChI=1S/C48H39GeN4O2S.Pt/c1-48(2,3)30-22-23-38(54)34(26-30)46-51-41-32(18-13-20-37(41)53(46)36-19-11-10-17-31(36)28-14-8-7-9-15-28)33-27-35-42-40-29(24-25-50-42)16-12-21-39(40)55-44(35)45-43(33)52-47(56-45)49(4,5)6;/h7-26,54H,1-6H3;/q-1;. The van der Waals surface area contributed by atoms with Crippen LogP contribution in [0.15, 0.2) is 121 Å². The Kier molecular flexibility index (Phi) is 9.07. The van der Waals surface area contributed by atoms with Crippen molar-refractivity contribution < 1.29 is 30.9 Å². The summed E-state index contributed by atoms with van der Waals surface area (Å²) in [6.07, 6.45) is 1.87. The van der Waals surface area contributed by atoms with Crippen LogP contribution in [-0.2, 0) is 26.5 Å². The van der Waals surface area contributed by atoms with Crippen molar-refractivity contribution in [1.29, 1.82) is 0 Å². The maximum Gasteiger partial charge on any atom is 0 e. The van der Waals surface area contributed by atoms with E-state index in [-0.39, 0.29) is 32.2 Å². The molecule has 0 saturated carbocycles. The summed E-state index contributed by atoms with van der Waals surface area (Å²) in [7, 11) is 0. The number of aromatic nitrogens is 4. The topological polar surface area (TPSA) is 73.1 Å². The van der Waals surface area contributed by atoms with Crippen LogP contribution in [0.2, 0.25) is 17.3 Å². The fourth-order valence-electron chi connectivity index (χ4n) is 7.80. The molecule has 0 radical (unpaired) electrons. The number of hydrogen-bond acceptors (Lipinski definition) is 6. The molecule has 0 bridgehead atoms. The molecule has 9 aromatic rings. The first-order valence-corrected chi connectivity index (χ1v) is 27.1. The van der Waals surface area contributed by atoms with Crippen molar-refractivity contribution in [1.82, 2.24) is 19.5 Å². The zero-order valence-electron chi connectivity index (χ0n) is 32.4. The van der Waals surface area contributed by atoms with Gasteiger partial charge in [-0.2, -0.15) is 0 Å². The number of phenols is 1. The number of benzene rings is 6. The third-order valence-corrected chi connectivity index (χ3v) is 18.3. The van der Waals surface area contributed by atoms with Gasteiger partial charge in [-0.3, -0.25) is 0 Å². The zero-order valence-corrected chi connectivity index (χ0v) is 37.6. The maximum atomic E-state index is 11.6. The molecule has 6 nitrogen and oxygen atoms in total. The van der Waals surface area contributed by atoms with Crippen molar-refractivity contribution in [3.63, 3.8) is 0 Å².